The fourth-order valence-corrected chi connectivity index (χ4v) is 3.46. The first-order chi connectivity index (χ1) is 11.3. The second-order valence-electron chi connectivity index (χ2n) is 8.42. The summed E-state index contributed by atoms with van der Waals surface area (Å²) in [5.41, 5.74) is -0.685. The lowest BCUT2D eigenvalue weighted by Gasteiger charge is -2.33. The molecule has 2 heterocycles. The van der Waals surface area contributed by atoms with Gasteiger partial charge in [-0.1, -0.05) is 20.8 Å². The number of rotatable bonds is 4. The van der Waals surface area contributed by atoms with Crippen LogP contribution in [0, 0.1) is 5.41 Å². The summed E-state index contributed by atoms with van der Waals surface area (Å²) in [5.74, 6) is -0.204. The Bertz CT molecular complexity index is 925. The fraction of sp³-hybridized carbons (Fsp3) is 0.647. The number of nitrogens with zero attached hydrogens (tertiary/aromatic N) is 4. The van der Waals surface area contributed by atoms with Crippen molar-refractivity contribution in [1.29, 1.82) is 0 Å². The van der Waals surface area contributed by atoms with E-state index in [1.807, 2.05) is 13.8 Å². The van der Waals surface area contributed by atoms with E-state index in [1.165, 1.54) is 22.5 Å². The summed E-state index contributed by atoms with van der Waals surface area (Å²) in [4.78, 5) is 40.9. The monoisotopic (exact) mass is 349 g/mol. The lowest BCUT2D eigenvalue weighted by Crippen LogP contribution is -2.47. The van der Waals surface area contributed by atoms with Crippen molar-refractivity contribution >= 4 is 17.1 Å². The standard InChI is InChI=1S/C17H27N5O3/c1-16(2,3)9-17(4,5)19-11(23)8-22-10-18-13-12(22)14(24)21(7)15(25)20(13)6/h10H,8-9H2,1-7H3,(H,19,23). The molecule has 1 amide bonds. The van der Waals surface area contributed by atoms with Crippen molar-refractivity contribution in [1.82, 2.24) is 24.0 Å². The van der Waals surface area contributed by atoms with Gasteiger partial charge in [-0.15, -0.1) is 0 Å². The Kier molecular flexibility index (Phi) is 4.67. The van der Waals surface area contributed by atoms with Crippen LogP contribution in [-0.2, 0) is 25.4 Å². The lowest BCUT2D eigenvalue weighted by atomic mass is 9.82. The van der Waals surface area contributed by atoms with Crippen LogP contribution in [0.15, 0.2) is 15.9 Å². The van der Waals surface area contributed by atoms with Crippen LogP contribution in [0.3, 0.4) is 0 Å². The number of aromatic nitrogens is 4. The van der Waals surface area contributed by atoms with Crippen molar-refractivity contribution in [2.45, 2.75) is 53.1 Å². The number of aryl methyl sites for hydroxylation is 1. The average molecular weight is 349 g/mol. The largest absolute Gasteiger partial charge is 0.350 e. The zero-order chi connectivity index (χ0) is 19.2. The van der Waals surface area contributed by atoms with Crippen LogP contribution in [0.2, 0.25) is 0 Å². The molecule has 0 aliphatic heterocycles. The first-order valence-corrected chi connectivity index (χ1v) is 8.24. The van der Waals surface area contributed by atoms with Crippen molar-refractivity contribution in [2.24, 2.45) is 19.5 Å². The predicted molar refractivity (Wildman–Crippen MR) is 96.5 cm³/mol. The highest BCUT2D eigenvalue weighted by atomic mass is 16.2. The molecule has 0 aromatic carbocycles. The second kappa shape index (κ2) is 6.16. The minimum Gasteiger partial charge on any atom is -0.350 e. The molecule has 25 heavy (non-hydrogen) atoms. The van der Waals surface area contributed by atoms with Crippen LogP contribution in [0.4, 0.5) is 0 Å². The molecule has 8 nitrogen and oxygen atoms in total. The molecule has 0 bridgehead atoms. The molecule has 2 aromatic rings. The van der Waals surface area contributed by atoms with Crippen LogP contribution in [0.25, 0.3) is 11.2 Å². The summed E-state index contributed by atoms with van der Waals surface area (Å²) < 4.78 is 3.80. The minimum atomic E-state index is -0.461. The Hall–Kier alpha value is -2.38. The summed E-state index contributed by atoms with van der Waals surface area (Å²) in [6.45, 7) is 10.3. The maximum atomic E-state index is 12.5. The third-order valence-corrected chi connectivity index (χ3v) is 3.98. The third-order valence-electron chi connectivity index (χ3n) is 3.98. The molecule has 0 atom stereocenters. The summed E-state index contributed by atoms with van der Waals surface area (Å²) in [7, 11) is 2.96. The average Bonchev–Trinajstić information content (AvgIpc) is 2.82. The highest BCUT2D eigenvalue weighted by Gasteiger charge is 2.27. The van der Waals surface area contributed by atoms with E-state index in [0.29, 0.717) is 0 Å². The van der Waals surface area contributed by atoms with Crippen molar-refractivity contribution in [3.63, 3.8) is 0 Å². The summed E-state index contributed by atoms with van der Waals surface area (Å²) in [6, 6.07) is 0. The van der Waals surface area contributed by atoms with Crippen LogP contribution in [-0.4, -0.2) is 30.1 Å². The normalized spacial score (nSPS) is 12.6. The van der Waals surface area contributed by atoms with E-state index in [0.717, 1.165) is 11.0 Å². The van der Waals surface area contributed by atoms with Crippen LogP contribution < -0.4 is 16.6 Å². The van der Waals surface area contributed by atoms with Gasteiger partial charge in [0.05, 0.1) is 6.33 Å². The number of nitrogens with one attached hydrogen (secondary N) is 1. The van der Waals surface area contributed by atoms with Gasteiger partial charge in [-0.2, -0.15) is 0 Å². The number of fused-ring (bicyclic) bond motifs is 1. The van der Waals surface area contributed by atoms with Gasteiger partial charge in [-0.25, -0.2) is 9.78 Å². The minimum absolute atomic E-state index is 0.0302. The molecule has 0 aliphatic rings. The van der Waals surface area contributed by atoms with E-state index in [-0.39, 0.29) is 34.6 Å². The summed E-state index contributed by atoms with van der Waals surface area (Å²) in [6.07, 6.45) is 2.23. The Morgan fingerprint density at radius 2 is 1.72 bits per heavy atom. The van der Waals surface area contributed by atoms with Gasteiger partial charge in [0, 0.05) is 19.6 Å². The van der Waals surface area contributed by atoms with E-state index in [4.69, 9.17) is 0 Å². The molecule has 8 heteroatoms. The van der Waals surface area contributed by atoms with Crippen molar-refractivity contribution < 1.29 is 4.79 Å². The van der Waals surface area contributed by atoms with Crippen LogP contribution >= 0.6 is 0 Å². The molecule has 2 aromatic heterocycles. The Labute approximate surface area is 146 Å². The Morgan fingerprint density at radius 1 is 1.12 bits per heavy atom. The topological polar surface area (TPSA) is 90.9 Å². The number of amides is 1. The van der Waals surface area contributed by atoms with Crippen LogP contribution in [0.1, 0.15) is 41.0 Å². The van der Waals surface area contributed by atoms with Crippen molar-refractivity contribution in [3.8, 4) is 0 Å². The highest BCUT2D eigenvalue weighted by Crippen LogP contribution is 2.26. The molecule has 0 fully saturated rings. The molecule has 2 rings (SSSR count). The Balaban J connectivity index is 2.31. The second-order valence-corrected chi connectivity index (χ2v) is 8.42. The maximum absolute atomic E-state index is 12.5. The fourth-order valence-electron chi connectivity index (χ4n) is 3.46. The quantitative estimate of drug-likeness (QED) is 0.882. The number of carbonyl (C=O) groups excluding carboxylic acids is 1. The molecule has 0 radical (unpaired) electrons. The molecule has 0 saturated heterocycles. The van der Waals surface area contributed by atoms with Gasteiger partial charge in [0.2, 0.25) is 5.91 Å². The molecule has 0 aliphatic carbocycles. The Morgan fingerprint density at radius 3 is 2.28 bits per heavy atom. The zero-order valence-corrected chi connectivity index (χ0v) is 16.0. The first kappa shape index (κ1) is 19.0. The van der Waals surface area contributed by atoms with E-state index in [2.05, 4.69) is 31.1 Å². The molecule has 0 unspecified atom stereocenters. The van der Waals surface area contributed by atoms with Gasteiger partial charge in [-0.05, 0) is 25.7 Å². The van der Waals surface area contributed by atoms with Gasteiger partial charge in [0.25, 0.3) is 5.56 Å². The molecule has 0 saturated carbocycles. The third kappa shape index (κ3) is 4.00. The van der Waals surface area contributed by atoms with Gasteiger partial charge in [-0.3, -0.25) is 18.7 Å². The number of hydrogen-bond acceptors (Lipinski definition) is 4. The van der Waals surface area contributed by atoms with Crippen molar-refractivity contribution in [2.75, 3.05) is 0 Å². The van der Waals surface area contributed by atoms with E-state index >= 15 is 0 Å². The van der Waals surface area contributed by atoms with Crippen molar-refractivity contribution in [3.05, 3.63) is 27.2 Å². The summed E-state index contributed by atoms with van der Waals surface area (Å²) >= 11 is 0. The van der Waals surface area contributed by atoms with E-state index in [9.17, 15) is 14.4 Å². The van der Waals surface area contributed by atoms with Gasteiger partial charge >= 0.3 is 5.69 Å². The van der Waals surface area contributed by atoms with E-state index in [1.54, 1.807) is 7.05 Å². The molecular weight excluding hydrogens is 322 g/mol. The molecule has 1 N–H and O–H groups in total. The maximum Gasteiger partial charge on any atom is 0.332 e. The molecule has 0 spiro atoms. The summed E-state index contributed by atoms with van der Waals surface area (Å²) in [5, 5.41) is 3.01. The van der Waals surface area contributed by atoms with Gasteiger partial charge in [0.1, 0.15) is 6.54 Å². The van der Waals surface area contributed by atoms with E-state index < -0.39 is 11.2 Å². The number of imidazole rings is 1. The predicted octanol–water partition coefficient (Wildman–Crippen LogP) is 0.765. The SMILES string of the molecule is Cn1c(=O)c2c(ncn2CC(=O)NC(C)(C)CC(C)(C)C)n(C)c1=O. The van der Waals surface area contributed by atoms with Crippen LogP contribution in [0.5, 0.6) is 0 Å². The number of hydrogen-bond donors (Lipinski definition) is 1. The highest BCUT2D eigenvalue weighted by molar-refractivity contribution is 5.79. The molecular formula is C17H27N5O3. The smallest absolute Gasteiger partial charge is 0.332 e. The lowest BCUT2D eigenvalue weighted by molar-refractivity contribution is -0.123. The first-order valence-electron chi connectivity index (χ1n) is 8.24. The number of carbonyl (C=O) groups is 1. The van der Waals surface area contributed by atoms with Gasteiger partial charge in [0.15, 0.2) is 11.2 Å². The molecule has 138 valence electrons. The van der Waals surface area contributed by atoms with Gasteiger partial charge < -0.3 is 9.88 Å². The zero-order valence-electron chi connectivity index (χ0n) is 16.0.